The first-order valence-corrected chi connectivity index (χ1v) is 8.51. The number of benzene rings is 2. The van der Waals surface area contributed by atoms with Gasteiger partial charge in [0.2, 0.25) is 0 Å². The van der Waals surface area contributed by atoms with E-state index in [1.165, 1.54) is 24.8 Å². The van der Waals surface area contributed by atoms with Gasteiger partial charge in [-0.25, -0.2) is 0 Å². The second-order valence-corrected chi connectivity index (χ2v) is 6.58. The predicted octanol–water partition coefficient (Wildman–Crippen LogP) is 3.26. The standard InChI is InChI=1S/C20H26N2O/c21-19-9-5-4-8-18(19)20(23)15-22-12-10-17(11-13-22)14-16-6-2-1-3-7-16/h1-9,17,20,23H,10-15,21H2. The van der Waals surface area contributed by atoms with Crippen LogP contribution in [0.25, 0.3) is 0 Å². The minimum Gasteiger partial charge on any atom is -0.398 e. The van der Waals surface area contributed by atoms with Crippen molar-refractivity contribution in [1.29, 1.82) is 0 Å². The monoisotopic (exact) mass is 310 g/mol. The zero-order chi connectivity index (χ0) is 16.1. The van der Waals surface area contributed by atoms with E-state index < -0.39 is 6.10 Å². The average Bonchev–Trinajstić information content (AvgIpc) is 2.58. The first-order valence-electron chi connectivity index (χ1n) is 8.51. The topological polar surface area (TPSA) is 49.5 Å². The number of nitrogens with zero attached hydrogens (tertiary/aromatic N) is 1. The highest BCUT2D eigenvalue weighted by Gasteiger charge is 2.22. The van der Waals surface area contributed by atoms with Gasteiger partial charge in [0, 0.05) is 17.8 Å². The van der Waals surface area contributed by atoms with Crippen LogP contribution in [0.5, 0.6) is 0 Å². The molecule has 23 heavy (non-hydrogen) atoms. The zero-order valence-electron chi connectivity index (χ0n) is 13.6. The largest absolute Gasteiger partial charge is 0.398 e. The lowest BCUT2D eigenvalue weighted by Crippen LogP contribution is -2.37. The summed E-state index contributed by atoms with van der Waals surface area (Å²) in [7, 11) is 0. The summed E-state index contributed by atoms with van der Waals surface area (Å²) < 4.78 is 0. The highest BCUT2D eigenvalue weighted by atomic mass is 16.3. The summed E-state index contributed by atoms with van der Waals surface area (Å²) in [5.74, 6) is 0.757. The van der Waals surface area contributed by atoms with Crippen LogP contribution < -0.4 is 5.73 Å². The van der Waals surface area contributed by atoms with E-state index in [1.807, 2.05) is 24.3 Å². The SMILES string of the molecule is Nc1ccccc1C(O)CN1CCC(Cc2ccccc2)CC1. The van der Waals surface area contributed by atoms with Crippen LogP contribution in [0, 0.1) is 5.92 Å². The second-order valence-electron chi connectivity index (χ2n) is 6.58. The fourth-order valence-electron chi connectivity index (χ4n) is 3.48. The van der Waals surface area contributed by atoms with E-state index in [1.54, 1.807) is 0 Å². The minimum atomic E-state index is -0.498. The minimum absolute atomic E-state index is 0.498. The Morgan fingerprint density at radius 2 is 1.65 bits per heavy atom. The molecule has 3 N–H and O–H groups in total. The van der Waals surface area contributed by atoms with Crippen LogP contribution >= 0.6 is 0 Å². The quantitative estimate of drug-likeness (QED) is 0.834. The predicted molar refractivity (Wildman–Crippen MR) is 95.1 cm³/mol. The van der Waals surface area contributed by atoms with E-state index in [2.05, 4.69) is 35.2 Å². The molecule has 1 aliphatic heterocycles. The molecule has 0 radical (unpaired) electrons. The third-order valence-corrected chi connectivity index (χ3v) is 4.86. The number of piperidine rings is 1. The number of hydrogen-bond donors (Lipinski definition) is 2. The summed E-state index contributed by atoms with van der Waals surface area (Å²) in [4.78, 5) is 2.36. The van der Waals surface area contributed by atoms with Gasteiger partial charge in [0.1, 0.15) is 0 Å². The van der Waals surface area contributed by atoms with Gasteiger partial charge >= 0.3 is 0 Å². The smallest absolute Gasteiger partial charge is 0.0936 e. The van der Waals surface area contributed by atoms with Crippen molar-refractivity contribution in [1.82, 2.24) is 4.90 Å². The average molecular weight is 310 g/mol. The molecule has 0 spiro atoms. The molecule has 0 aromatic heterocycles. The molecular formula is C20H26N2O. The van der Waals surface area contributed by atoms with Crippen molar-refractivity contribution in [3.8, 4) is 0 Å². The number of anilines is 1. The molecule has 3 nitrogen and oxygen atoms in total. The second kappa shape index (κ2) is 7.62. The first-order chi connectivity index (χ1) is 11.2. The van der Waals surface area contributed by atoms with Crippen LogP contribution in [0.3, 0.4) is 0 Å². The number of para-hydroxylation sites is 1. The molecule has 2 aromatic carbocycles. The van der Waals surface area contributed by atoms with Crippen molar-refractivity contribution in [3.63, 3.8) is 0 Å². The van der Waals surface area contributed by atoms with Crippen LogP contribution in [-0.4, -0.2) is 29.6 Å². The highest BCUT2D eigenvalue weighted by molar-refractivity contribution is 5.47. The van der Waals surface area contributed by atoms with Crippen molar-refractivity contribution in [2.24, 2.45) is 5.92 Å². The van der Waals surface area contributed by atoms with Gasteiger partial charge in [-0.1, -0.05) is 48.5 Å². The normalized spacial score (nSPS) is 18.0. The molecule has 1 heterocycles. The number of β-amino-alcohol motifs (C(OH)–C–C–N with tert-alkyl or cyclic N) is 1. The van der Waals surface area contributed by atoms with Crippen LogP contribution in [-0.2, 0) is 6.42 Å². The molecule has 1 atom stereocenters. The Hall–Kier alpha value is -1.84. The molecule has 0 amide bonds. The molecule has 122 valence electrons. The highest BCUT2D eigenvalue weighted by Crippen LogP contribution is 2.25. The van der Waals surface area contributed by atoms with Gasteiger partial charge in [-0.15, -0.1) is 0 Å². The maximum absolute atomic E-state index is 10.4. The van der Waals surface area contributed by atoms with E-state index >= 15 is 0 Å². The lowest BCUT2D eigenvalue weighted by molar-refractivity contribution is 0.0897. The fourth-order valence-corrected chi connectivity index (χ4v) is 3.48. The molecule has 1 fully saturated rings. The maximum Gasteiger partial charge on any atom is 0.0936 e. The first kappa shape index (κ1) is 16.0. The van der Waals surface area contributed by atoms with Crippen LogP contribution in [0.1, 0.15) is 30.1 Å². The van der Waals surface area contributed by atoms with E-state index in [-0.39, 0.29) is 0 Å². The molecule has 3 rings (SSSR count). The van der Waals surface area contributed by atoms with Crippen molar-refractivity contribution in [2.75, 3.05) is 25.4 Å². The summed E-state index contributed by atoms with van der Waals surface area (Å²) in [6, 6.07) is 18.3. The van der Waals surface area contributed by atoms with Gasteiger partial charge in [-0.05, 0) is 49.9 Å². The van der Waals surface area contributed by atoms with Crippen molar-refractivity contribution < 1.29 is 5.11 Å². The van der Waals surface area contributed by atoms with Gasteiger partial charge < -0.3 is 15.7 Å². The Kier molecular flexibility index (Phi) is 5.31. The van der Waals surface area contributed by atoms with E-state index in [0.717, 1.165) is 24.6 Å². The Labute approximate surface area is 138 Å². The molecule has 0 saturated carbocycles. The summed E-state index contributed by atoms with van der Waals surface area (Å²) in [6.07, 6.45) is 3.07. The van der Waals surface area contributed by atoms with Gasteiger partial charge in [0.25, 0.3) is 0 Å². The molecule has 0 aliphatic carbocycles. The number of aliphatic hydroxyl groups is 1. The van der Waals surface area contributed by atoms with Crippen LogP contribution in [0.4, 0.5) is 5.69 Å². The van der Waals surface area contributed by atoms with Crippen molar-refractivity contribution >= 4 is 5.69 Å². The zero-order valence-corrected chi connectivity index (χ0v) is 13.6. The molecule has 0 bridgehead atoms. The summed E-state index contributed by atoms with van der Waals surface area (Å²) in [5, 5.41) is 10.4. The Morgan fingerprint density at radius 3 is 2.35 bits per heavy atom. The van der Waals surface area contributed by atoms with E-state index in [9.17, 15) is 5.11 Å². The lowest BCUT2D eigenvalue weighted by Gasteiger charge is -2.33. The summed E-state index contributed by atoms with van der Waals surface area (Å²) >= 11 is 0. The number of nitrogen functional groups attached to an aromatic ring is 1. The third kappa shape index (κ3) is 4.34. The Balaban J connectivity index is 1.48. The molecule has 3 heteroatoms. The fraction of sp³-hybridized carbons (Fsp3) is 0.400. The van der Waals surface area contributed by atoms with Gasteiger partial charge in [0.15, 0.2) is 0 Å². The molecule has 2 aromatic rings. The molecule has 1 saturated heterocycles. The Bertz CT molecular complexity index is 606. The Morgan fingerprint density at radius 1 is 1.00 bits per heavy atom. The van der Waals surface area contributed by atoms with Gasteiger partial charge in [0.05, 0.1) is 6.10 Å². The van der Waals surface area contributed by atoms with E-state index in [4.69, 9.17) is 5.73 Å². The number of hydrogen-bond acceptors (Lipinski definition) is 3. The number of nitrogens with two attached hydrogens (primary N) is 1. The number of rotatable bonds is 5. The van der Waals surface area contributed by atoms with Crippen molar-refractivity contribution in [2.45, 2.75) is 25.4 Å². The van der Waals surface area contributed by atoms with E-state index in [0.29, 0.717) is 12.2 Å². The molecular weight excluding hydrogens is 284 g/mol. The molecule has 1 unspecified atom stereocenters. The summed E-state index contributed by atoms with van der Waals surface area (Å²) in [5.41, 5.74) is 8.92. The van der Waals surface area contributed by atoms with Crippen LogP contribution in [0.2, 0.25) is 0 Å². The number of aliphatic hydroxyl groups excluding tert-OH is 1. The lowest BCUT2D eigenvalue weighted by atomic mass is 9.90. The van der Waals surface area contributed by atoms with Gasteiger partial charge in [-0.3, -0.25) is 0 Å². The van der Waals surface area contributed by atoms with Crippen molar-refractivity contribution in [3.05, 3.63) is 65.7 Å². The summed E-state index contributed by atoms with van der Waals surface area (Å²) in [6.45, 7) is 2.79. The maximum atomic E-state index is 10.4. The number of likely N-dealkylation sites (tertiary alicyclic amines) is 1. The molecule has 1 aliphatic rings. The third-order valence-electron chi connectivity index (χ3n) is 4.86. The van der Waals surface area contributed by atoms with Crippen LogP contribution in [0.15, 0.2) is 54.6 Å². The van der Waals surface area contributed by atoms with Gasteiger partial charge in [-0.2, -0.15) is 0 Å².